The summed E-state index contributed by atoms with van der Waals surface area (Å²) in [6, 6.07) is 7.36. The van der Waals surface area contributed by atoms with Gasteiger partial charge < -0.3 is 35.4 Å². The molecule has 27 heavy (non-hydrogen) atoms. The molecule has 2 aromatic rings. The maximum atomic E-state index is 12.0. The summed E-state index contributed by atoms with van der Waals surface area (Å²) in [5.74, 6) is -4.25. The number of hydrogen-bond donors (Lipinski definition) is 6. The summed E-state index contributed by atoms with van der Waals surface area (Å²) < 4.78 is 4.83. The second-order valence-corrected chi connectivity index (χ2v) is 5.83. The molecule has 9 nitrogen and oxygen atoms in total. The lowest BCUT2D eigenvalue weighted by Crippen LogP contribution is -2.35. The first kappa shape index (κ1) is 19.9. The number of carboxylic acids is 1. The van der Waals surface area contributed by atoms with E-state index in [1.54, 1.807) is 0 Å². The van der Waals surface area contributed by atoms with Crippen LogP contribution in [0.4, 0.5) is 0 Å². The molecule has 0 fully saturated rings. The molecule has 2 atom stereocenters. The summed E-state index contributed by atoms with van der Waals surface area (Å²) in [5.41, 5.74) is 0.619. The second-order valence-electron chi connectivity index (χ2n) is 5.83. The van der Waals surface area contributed by atoms with E-state index in [0.717, 1.165) is 18.2 Å². The van der Waals surface area contributed by atoms with Crippen LogP contribution in [0.1, 0.15) is 11.1 Å². The van der Waals surface area contributed by atoms with E-state index < -0.39 is 35.6 Å². The quantitative estimate of drug-likeness (QED) is 0.300. The van der Waals surface area contributed by atoms with Crippen molar-refractivity contribution in [3.05, 3.63) is 47.5 Å². The van der Waals surface area contributed by atoms with Gasteiger partial charge in [0.15, 0.2) is 29.1 Å². The highest BCUT2D eigenvalue weighted by atomic mass is 16.6. The Hall–Kier alpha value is -3.46. The third-order valence-corrected chi connectivity index (χ3v) is 3.74. The fourth-order valence-corrected chi connectivity index (χ4v) is 2.31. The fraction of sp³-hybridized carbons (Fsp3) is 0.222. The number of aliphatic carboxylic acids is 1. The number of aliphatic hydroxyl groups excluding tert-OH is 1. The lowest BCUT2D eigenvalue weighted by Gasteiger charge is -2.17. The van der Waals surface area contributed by atoms with Crippen LogP contribution in [0, 0.1) is 0 Å². The van der Waals surface area contributed by atoms with Crippen LogP contribution in [-0.4, -0.2) is 54.8 Å². The van der Waals surface area contributed by atoms with Gasteiger partial charge in [0.2, 0.25) is 6.10 Å². The van der Waals surface area contributed by atoms with Gasteiger partial charge in [0, 0.05) is 12.8 Å². The number of esters is 1. The summed E-state index contributed by atoms with van der Waals surface area (Å²) in [4.78, 5) is 23.3. The number of carbonyl (C=O) groups excluding carboxylic acids is 1. The van der Waals surface area contributed by atoms with Crippen LogP contribution < -0.4 is 0 Å². The molecular formula is C18H18O9. The van der Waals surface area contributed by atoms with Crippen molar-refractivity contribution < 1.29 is 45.0 Å². The Morgan fingerprint density at radius 1 is 0.815 bits per heavy atom. The van der Waals surface area contributed by atoms with Crippen LogP contribution in [0.15, 0.2) is 36.4 Å². The van der Waals surface area contributed by atoms with Gasteiger partial charge in [-0.3, -0.25) is 0 Å². The molecule has 0 bridgehead atoms. The molecule has 0 heterocycles. The van der Waals surface area contributed by atoms with Crippen LogP contribution in [-0.2, 0) is 27.2 Å². The predicted molar refractivity (Wildman–Crippen MR) is 90.5 cm³/mol. The fourth-order valence-electron chi connectivity index (χ4n) is 2.31. The number of aliphatic hydroxyl groups is 1. The average molecular weight is 378 g/mol. The third kappa shape index (κ3) is 5.25. The molecule has 0 saturated heterocycles. The highest BCUT2D eigenvalue weighted by Crippen LogP contribution is 2.27. The number of carbonyl (C=O) groups is 2. The summed E-state index contributed by atoms with van der Waals surface area (Å²) >= 11 is 0. The van der Waals surface area contributed by atoms with E-state index in [1.807, 2.05) is 0 Å². The highest BCUT2D eigenvalue weighted by molar-refractivity contribution is 5.80. The lowest BCUT2D eigenvalue weighted by molar-refractivity contribution is -0.170. The van der Waals surface area contributed by atoms with Gasteiger partial charge in [-0.05, 0) is 35.4 Å². The summed E-state index contributed by atoms with van der Waals surface area (Å²) in [5, 5.41) is 56.5. The number of aromatic hydroxyl groups is 4. The average Bonchev–Trinajstić information content (AvgIpc) is 2.60. The van der Waals surface area contributed by atoms with Crippen molar-refractivity contribution in [2.24, 2.45) is 0 Å². The molecule has 0 aliphatic heterocycles. The van der Waals surface area contributed by atoms with Crippen molar-refractivity contribution in [2.75, 3.05) is 0 Å². The van der Waals surface area contributed by atoms with Gasteiger partial charge in [0.05, 0.1) is 0 Å². The van der Waals surface area contributed by atoms with E-state index in [0.29, 0.717) is 11.1 Å². The first-order valence-electron chi connectivity index (χ1n) is 7.80. The van der Waals surface area contributed by atoms with Crippen LogP contribution >= 0.6 is 0 Å². The van der Waals surface area contributed by atoms with Gasteiger partial charge in [0.25, 0.3) is 0 Å². The first-order valence-corrected chi connectivity index (χ1v) is 7.80. The SMILES string of the molecule is O=C(O[C@H](Cc1ccc(O)c(O)c1)C(=O)O)[C@H](O)Cc1ccc(O)c(O)c1. The number of phenolic OH excluding ortho intramolecular Hbond substituents is 4. The minimum Gasteiger partial charge on any atom is -0.504 e. The molecule has 9 heteroatoms. The van der Waals surface area contributed by atoms with E-state index in [2.05, 4.69) is 0 Å². The highest BCUT2D eigenvalue weighted by Gasteiger charge is 2.27. The molecule has 0 radical (unpaired) electrons. The third-order valence-electron chi connectivity index (χ3n) is 3.74. The van der Waals surface area contributed by atoms with Crippen molar-refractivity contribution in [2.45, 2.75) is 25.0 Å². The minimum absolute atomic E-state index is 0.265. The summed E-state index contributed by atoms with van der Waals surface area (Å²) in [7, 11) is 0. The maximum absolute atomic E-state index is 12.0. The molecular weight excluding hydrogens is 360 g/mol. The Balaban J connectivity index is 2.03. The number of benzene rings is 2. The number of phenols is 4. The summed E-state index contributed by atoms with van der Waals surface area (Å²) in [6.45, 7) is 0. The largest absolute Gasteiger partial charge is 0.504 e. The zero-order valence-electron chi connectivity index (χ0n) is 13.9. The molecule has 0 unspecified atom stereocenters. The zero-order chi connectivity index (χ0) is 20.1. The summed E-state index contributed by atoms with van der Waals surface area (Å²) in [6.07, 6.45) is -3.87. The first-order chi connectivity index (χ1) is 12.7. The maximum Gasteiger partial charge on any atom is 0.345 e. The van der Waals surface area contributed by atoms with E-state index in [4.69, 9.17) is 4.74 Å². The van der Waals surface area contributed by atoms with Gasteiger partial charge in [-0.25, -0.2) is 9.59 Å². The number of rotatable bonds is 7. The molecule has 0 aromatic heterocycles. The Labute approximate surface area is 153 Å². The number of ether oxygens (including phenoxy) is 1. The zero-order valence-corrected chi connectivity index (χ0v) is 13.9. The predicted octanol–water partition coefficient (Wildman–Crippen LogP) is 0.651. The number of carboxylic acid groups (broad SMARTS) is 1. The molecule has 2 rings (SSSR count). The molecule has 144 valence electrons. The van der Waals surface area contributed by atoms with Gasteiger partial charge in [0.1, 0.15) is 0 Å². The molecule has 0 aliphatic rings. The van der Waals surface area contributed by atoms with Gasteiger partial charge in [-0.2, -0.15) is 0 Å². The van der Waals surface area contributed by atoms with E-state index >= 15 is 0 Å². The van der Waals surface area contributed by atoms with Crippen LogP contribution in [0.5, 0.6) is 23.0 Å². The van der Waals surface area contributed by atoms with Crippen molar-refractivity contribution in [1.82, 2.24) is 0 Å². The molecule has 6 N–H and O–H groups in total. The molecule has 0 spiro atoms. The molecule has 0 aliphatic carbocycles. The van der Waals surface area contributed by atoms with Gasteiger partial charge in [-0.1, -0.05) is 12.1 Å². The van der Waals surface area contributed by atoms with Crippen LogP contribution in [0.25, 0.3) is 0 Å². The number of hydrogen-bond acceptors (Lipinski definition) is 8. The Morgan fingerprint density at radius 2 is 1.30 bits per heavy atom. The van der Waals surface area contributed by atoms with Crippen molar-refractivity contribution >= 4 is 11.9 Å². The van der Waals surface area contributed by atoms with E-state index in [9.17, 15) is 40.2 Å². The normalized spacial score (nSPS) is 12.9. The monoisotopic (exact) mass is 378 g/mol. The van der Waals surface area contributed by atoms with Crippen molar-refractivity contribution in [3.63, 3.8) is 0 Å². The van der Waals surface area contributed by atoms with E-state index in [-0.39, 0.29) is 24.3 Å². The Morgan fingerprint density at radius 3 is 1.74 bits per heavy atom. The van der Waals surface area contributed by atoms with E-state index in [1.165, 1.54) is 18.2 Å². The molecule has 0 amide bonds. The van der Waals surface area contributed by atoms with Crippen LogP contribution in [0.3, 0.4) is 0 Å². The Bertz CT molecular complexity index is 847. The lowest BCUT2D eigenvalue weighted by atomic mass is 10.1. The second kappa shape index (κ2) is 8.28. The van der Waals surface area contributed by atoms with Gasteiger partial charge in [-0.15, -0.1) is 0 Å². The standard InChI is InChI=1S/C18H18O9/c19-11-3-1-9(5-13(11)21)7-15(23)18(26)27-16(17(24)25)8-10-2-4-12(20)14(22)6-10/h1-6,15-16,19-23H,7-8H2,(H,24,25)/t15-,16-/m1/s1. The molecule has 2 aromatic carbocycles. The molecule has 0 saturated carbocycles. The Kier molecular flexibility index (Phi) is 6.09. The van der Waals surface area contributed by atoms with Crippen molar-refractivity contribution in [1.29, 1.82) is 0 Å². The van der Waals surface area contributed by atoms with Gasteiger partial charge >= 0.3 is 11.9 Å². The minimum atomic E-state index is -1.69. The van der Waals surface area contributed by atoms with Crippen LogP contribution in [0.2, 0.25) is 0 Å². The topological polar surface area (TPSA) is 165 Å². The smallest absolute Gasteiger partial charge is 0.345 e. The van der Waals surface area contributed by atoms with Crippen molar-refractivity contribution in [3.8, 4) is 23.0 Å².